The zero-order chi connectivity index (χ0) is 23.7. The van der Waals surface area contributed by atoms with Crippen LogP contribution in [0, 0.1) is 0 Å². The maximum atomic E-state index is 13.5. The molecule has 2 amide bonds. The molecule has 0 saturated carbocycles. The van der Waals surface area contributed by atoms with Gasteiger partial charge in [-0.2, -0.15) is 0 Å². The van der Waals surface area contributed by atoms with E-state index >= 15 is 0 Å². The summed E-state index contributed by atoms with van der Waals surface area (Å²) < 4.78 is 6.61. The Bertz CT molecular complexity index is 962. The number of likely N-dealkylation sites (N-methyl/N-ethyl adjacent to an activating group) is 2. The van der Waals surface area contributed by atoms with Gasteiger partial charge >= 0.3 is 0 Å². The summed E-state index contributed by atoms with van der Waals surface area (Å²) in [6.07, 6.45) is 0. The summed E-state index contributed by atoms with van der Waals surface area (Å²) in [6, 6.07) is 6.80. The number of piperazine rings is 2. The second kappa shape index (κ2) is 10.4. The molecule has 0 radical (unpaired) electrons. The number of nitrogens with zero attached hydrogens (tertiary/aromatic N) is 5. The predicted octanol–water partition coefficient (Wildman–Crippen LogP) is 1.31. The maximum Gasteiger partial charge on any atom is 0.274 e. The van der Waals surface area contributed by atoms with Crippen LogP contribution in [0.5, 0.6) is 17.2 Å². The highest BCUT2D eigenvalue weighted by atomic mass is 16.5. The first kappa shape index (κ1) is 25.4. The molecule has 0 atom stereocenters. The van der Waals surface area contributed by atoms with E-state index in [2.05, 4.69) is 9.80 Å². The number of benzene rings is 1. The second-order valence-electron chi connectivity index (χ2n) is 8.62. The molecule has 2 N–H and O–H groups in total. The Morgan fingerprint density at radius 2 is 1.12 bits per heavy atom. The summed E-state index contributed by atoms with van der Waals surface area (Å²) in [4.78, 5) is 34.5. The van der Waals surface area contributed by atoms with Crippen LogP contribution in [-0.4, -0.2) is 120 Å². The van der Waals surface area contributed by atoms with Gasteiger partial charge in [-0.25, -0.2) is 0 Å². The number of rotatable bonds is 4. The van der Waals surface area contributed by atoms with Gasteiger partial charge in [-0.3, -0.25) is 14.2 Å². The Morgan fingerprint density at radius 3 is 1.47 bits per heavy atom. The van der Waals surface area contributed by atoms with Crippen molar-refractivity contribution in [3.05, 3.63) is 35.7 Å². The van der Waals surface area contributed by atoms with Gasteiger partial charge in [-0.15, -0.1) is 0 Å². The molecule has 1 aromatic carbocycles. The summed E-state index contributed by atoms with van der Waals surface area (Å²) in [6.45, 7) is 4.78. The summed E-state index contributed by atoms with van der Waals surface area (Å²) >= 11 is 0. The minimum absolute atomic E-state index is 0. The average molecular weight is 474 g/mol. The standard InChI is InChI=1S/C23H31N5O5.CH4/c1-24-8-12-26(13-9-24)22(31)18-20(29)21(30)19(23(32)27-14-10-25(2)11-15-27)28(18)16-4-6-17(33-3)7-5-16;/h4-7,29-30H,8-15H2,1-3H3;1H4. The van der Waals surface area contributed by atoms with Crippen LogP contribution < -0.4 is 4.74 Å². The predicted molar refractivity (Wildman–Crippen MR) is 129 cm³/mol. The van der Waals surface area contributed by atoms with Crippen LogP contribution in [0.4, 0.5) is 0 Å². The molecule has 10 heteroatoms. The molecular formula is C24H35N5O5. The summed E-state index contributed by atoms with van der Waals surface area (Å²) in [5.41, 5.74) is 0.251. The number of methoxy groups -OCH3 is 1. The number of hydrogen-bond acceptors (Lipinski definition) is 7. The van der Waals surface area contributed by atoms with Gasteiger partial charge in [-0.05, 0) is 38.4 Å². The Balaban J connectivity index is 0.00000324. The molecule has 3 heterocycles. The lowest BCUT2D eigenvalue weighted by atomic mass is 10.2. The lowest BCUT2D eigenvalue weighted by Gasteiger charge is -2.33. The van der Waals surface area contributed by atoms with Crippen molar-refractivity contribution in [1.29, 1.82) is 0 Å². The molecule has 2 aliphatic rings. The van der Waals surface area contributed by atoms with Crippen LogP contribution in [0.3, 0.4) is 0 Å². The summed E-state index contributed by atoms with van der Waals surface area (Å²) in [7, 11) is 5.52. The number of ether oxygens (including phenoxy) is 1. The third-order valence-corrected chi connectivity index (χ3v) is 6.44. The minimum Gasteiger partial charge on any atom is -0.503 e. The van der Waals surface area contributed by atoms with E-state index in [9.17, 15) is 19.8 Å². The van der Waals surface area contributed by atoms with Gasteiger partial charge in [-0.1, -0.05) is 7.43 Å². The van der Waals surface area contributed by atoms with Crippen molar-refractivity contribution in [2.45, 2.75) is 7.43 Å². The van der Waals surface area contributed by atoms with Crippen LogP contribution in [0.15, 0.2) is 24.3 Å². The monoisotopic (exact) mass is 473 g/mol. The molecule has 2 aromatic rings. The van der Waals surface area contributed by atoms with Crippen molar-refractivity contribution in [2.24, 2.45) is 0 Å². The molecular weight excluding hydrogens is 438 g/mol. The third kappa shape index (κ3) is 4.69. The highest BCUT2D eigenvalue weighted by Crippen LogP contribution is 2.40. The SMILES string of the molecule is C.COc1ccc(-n2c(C(=O)N3CCN(C)CC3)c(O)c(O)c2C(=O)N2CCN(C)CC2)cc1. The Morgan fingerprint density at radius 1 is 0.735 bits per heavy atom. The first-order valence-corrected chi connectivity index (χ1v) is 11.1. The number of carbonyl (C=O) groups excluding carboxylic acids is 2. The van der Waals surface area contributed by atoms with E-state index in [0.717, 1.165) is 0 Å². The fraction of sp³-hybridized carbons (Fsp3) is 0.500. The number of amides is 2. The normalized spacial score (nSPS) is 17.4. The molecule has 0 unspecified atom stereocenters. The zero-order valence-corrected chi connectivity index (χ0v) is 19.3. The van der Waals surface area contributed by atoms with Crippen molar-refractivity contribution in [2.75, 3.05) is 73.6 Å². The first-order chi connectivity index (χ1) is 15.8. The first-order valence-electron chi connectivity index (χ1n) is 11.1. The van der Waals surface area contributed by atoms with E-state index in [4.69, 9.17) is 4.74 Å². The topological polar surface area (TPSA) is 102 Å². The molecule has 1 aromatic heterocycles. The lowest BCUT2D eigenvalue weighted by Crippen LogP contribution is -2.48. The molecule has 2 fully saturated rings. The van der Waals surface area contributed by atoms with Crippen LogP contribution in [0.2, 0.25) is 0 Å². The van der Waals surface area contributed by atoms with Gasteiger partial charge in [0.15, 0.2) is 22.9 Å². The van der Waals surface area contributed by atoms with Crippen molar-refractivity contribution in [3.63, 3.8) is 0 Å². The Kier molecular flexibility index (Phi) is 7.73. The van der Waals surface area contributed by atoms with E-state index in [1.54, 1.807) is 41.2 Å². The Hall–Kier alpha value is -3.24. The number of carbonyl (C=O) groups is 2. The van der Waals surface area contributed by atoms with Crippen LogP contribution >= 0.6 is 0 Å². The second-order valence-corrected chi connectivity index (χ2v) is 8.62. The number of aromatic hydroxyl groups is 2. The van der Waals surface area contributed by atoms with E-state index in [0.29, 0.717) is 63.8 Å². The molecule has 2 aliphatic heterocycles. The fourth-order valence-electron chi connectivity index (χ4n) is 4.25. The van der Waals surface area contributed by atoms with Crippen LogP contribution in [0.25, 0.3) is 5.69 Å². The van der Waals surface area contributed by atoms with Crippen molar-refractivity contribution in [3.8, 4) is 22.9 Å². The highest BCUT2D eigenvalue weighted by Gasteiger charge is 2.36. The fourth-order valence-corrected chi connectivity index (χ4v) is 4.25. The largest absolute Gasteiger partial charge is 0.503 e. The number of aromatic nitrogens is 1. The average Bonchev–Trinajstić information content (AvgIpc) is 3.09. The Labute approximate surface area is 200 Å². The molecule has 0 spiro atoms. The van der Waals surface area contributed by atoms with Gasteiger partial charge < -0.3 is 34.5 Å². The number of hydrogen-bond donors (Lipinski definition) is 2. The summed E-state index contributed by atoms with van der Waals surface area (Å²) in [5, 5.41) is 21.7. The molecule has 0 bridgehead atoms. The van der Waals surface area contributed by atoms with Crippen molar-refractivity contribution < 1.29 is 24.5 Å². The highest BCUT2D eigenvalue weighted by molar-refractivity contribution is 6.04. The zero-order valence-electron chi connectivity index (χ0n) is 19.3. The minimum atomic E-state index is -0.577. The molecule has 186 valence electrons. The van der Waals surface area contributed by atoms with Crippen molar-refractivity contribution >= 4 is 11.8 Å². The van der Waals surface area contributed by atoms with Crippen molar-refractivity contribution in [1.82, 2.24) is 24.2 Å². The lowest BCUT2D eigenvalue weighted by molar-refractivity contribution is 0.0647. The molecule has 0 aliphatic carbocycles. The van der Waals surface area contributed by atoms with Gasteiger partial charge in [0.2, 0.25) is 0 Å². The van der Waals surface area contributed by atoms with Gasteiger partial charge in [0.25, 0.3) is 11.8 Å². The van der Waals surface area contributed by atoms with Gasteiger partial charge in [0.05, 0.1) is 7.11 Å². The third-order valence-electron chi connectivity index (χ3n) is 6.44. The van der Waals surface area contributed by atoms with E-state index in [1.807, 2.05) is 14.1 Å². The van der Waals surface area contributed by atoms with E-state index < -0.39 is 23.3 Å². The molecule has 4 rings (SSSR count). The van der Waals surface area contributed by atoms with E-state index in [1.165, 1.54) is 4.57 Å². The van der Waals surface area contributed by atoms with Gasteiger partial charge in [0.1, 0.15) is 5.75 Å². The molecule has 34 heavy (non-hydrogen) atoms. The van der Waals surface area contributed by atoms with Crippen LogP contribution in [-0.2, 0) is 0 Å². The summed E-state index contributed by atoms with van der Waals surface area (Å²) in [5.74, 6) is -1.40. The molecule has 10 nitrogen and oxygen atoms in total. The molecule has 2 saturated heterocycles. The van der Waals surface area contributed by atoms with Crippen LogP contribution in [0.1, 0.15) is 28.4 Å². The maximum absolute atomic E-state index is 13.5. The smallest absolute Gasteiger partial charge is 0.274 e. The van der Waals surface area contributed by atoms with Gasteiger partial charge in [0, 0.05) is 58.0 Å². The van der Waals surface area contributed by atoms with E-state index in [-0.39, 0.29) is 18.8 Å². The quantitative estimate of drug-likeness (QED) is 0.690.